The number of halogens is 2. The molecule has 0 spiro atoms. The second-order valence-electron chi connectivity index (χ2n) is 2.60. The molecule has 0 aromatic heterocycles. The zero-order chi connectivity index (χ0) is 7.56. The molecule has 1 fully saturated rings. The van der Waals surface area contributed by atoms with Crippen LogP contribution in [0.5, 0.6) is 0 Å². The van der Waals surface area contributed by atoms with E-state index in [9.17, 15) is 0 Å². The van der Waals surface area contributed by atoms with Gasteiger partial charge in [0.25, 0.3) is 0 Å². The van der Waals surface area contributed by atoms with Crippen LogP contribution in [-0.2, 0) is 0 Å². The Bertz CT molecular complexity index is 140. The van der Waals surface area contributed by atoms with E-state index in [1.54, 1.807) is 0 Å². The Balaban J connectivity index is 2.48. The Hall–Kier alpha value is 0.670. The molecule has 3 heteroatoms. The van der Waals surface area contributed by atoms with Crippen LogP contribution in [-0.4, -0.2) is 5.25 Å². The molecule has 0 aromatic carbocycles. The summed E-state index contributed by atoms with van der Waals surface area (Å²) in [6.07, 6.45) is 4.27. The topological polar surface area (TPSA) is 0 Å². The van der Waals surface area contributed by atoms with Gasteiger partial charge in [-0.25, -0.2) is 0 Å². The van der Waals surface area contributed by atoms with E-state index < -0.39 is 0 Å². The van der Waals surface area contributed by atoms with Crippen molar-refractivity contribution in [3.05, 3.63) is 10.1 Å². The first-order valence-electron chi connectivity index (χ1n) is 3.41. The molecule has 0 bridgehead atoms. The van der Waals surface area contributed by atoms with Gasteiger partial charge in [-0.3, -0.25) is 0 Å². The van der Waals surface area contributed by atoms with Gasteiger partial charge in [0.05, 0.1) is 0 Å². The van der Waals surface area contributed by atoms with E-state index in [1.165, 1.54) is 5.57 Å². The highest BCUT2D eigenvalue weighted by molar-refractivity contribution is 7.80. The van der Waals surface area contributed by atoms with Gasteiger partial charge in [-0.1, -0.05) is 23.2 Å². The lowest BCUT2D eigenvalue weighted by molar-refractivity contribution is 0.617. The molecule has 0 heterocycles. The van der Waals surface area contributed by atoms with Crippen LogP contribution in [0, 0.1) is 0 Å². The van der Waals surface area contributed by atoms with Crippen molar-refractivity contribution in [2.24, 2.45) is 0 Å². The fourth-order valence-corrected chi connectivity index (χ4v) is 1.78. The van der Waals surface area contributed by atoms with Crippen molar-refractivity contribution in [1.29, 1.82) is 0 Å². The van der Waals surface area contributed by atoms with E-state index in [0.29, 0.717) is 9.74 Å². The first-order valence-corrected chi connectivity index (χ1v) is 4.68. The minimum Gasteiger partial charge on any atom is -0.176 e. The summed E-state index contributed by atoms with van der Waals surface area (Å²) in [5.74, 6) is 0. The molecule has 0 saturated heterocycles. The number of hydrogen-bond acceptors (Lipinski definition) is 1. The second-order valence-corrected chi connectivity index (χ2v) is 4.27. The molecule has 1 aliphatic rings. The molecule has 1 rings (SSSR count). The molecule has 0 aromatic rings. The second kappa shape index (κ2) is 3.89. The number of hydrogen-bond donors (Lipinski definition) is 1. The SMILES string of the molecule is SC1CCC(=C(Cl)Cl)CC1. The predicted octanol–water partition coefficient (Wildman–Crippen LogP) is 3.55. The van der Waals surface area contributed by atoms with Gasteiger partial charge in [0.2, 0.25) is 0 Å². The van der Waals surface area contributed by atoms with Gasteiger partial charge in [0, 0.05) is 5.25 Å². The van der Waals surface area contributed by atoms with Crippen LogP contribution in [0.2, 0.25) is 0 Å². The average molecular weight is 197 g/mol. The molecule has 0 amide bonds. The lowest BCUT2D eigenvalue weighted by Crippen LogP contribution is -2.06. The Morgan fingerprint density at radius 3 is 2.20 bits per heavy atom. The molecule has 0 N–H and O–H groups in total. The maximum Gasteiger partial charge on any atom is 0.106 e. The molecule has 10 heavy (non-hydrogen) atoms. The van der Waals surface area contributed by atoms with Crippen LogP contribution in [0.4, 0.5) is 0 Å². The van der Waals surface area contributed by atoms with Crippen molar-refractivity contribution in [3.8, 4) is 0 Å². The number of allylic oxidation sites excluding steroid dienone is 1. The normalized spacial score (nSPS) is 26.7. The smallest absolute Gasteiger partial charge is 0.106 e. The largest absolute Gasteiger partial charge is 0.176 e. The Morgan fingerprint density at radius 2 is 1.80 bits per heavy atom. The highest BCUT2D eigenvalue weighted by Gasteiger charge is 2.14. The van der Waals surface area contributed by atoms with Crippen LogP contribution >= 0.6 is 35.8 Å². The van der Waals surface area contributed by atoms with E-state index in [1.807, 2.05) is 0 Å². The van der Waals surface area contributed by atoms with Gasteiger partial charge >= 0.3 is 0 Å². The van der Waals surface area contributed by atoms with Gasteiger partial charge in [0.15, 0.2) is 0 Å². The van der Waals surface area contributed by atoms with Crippen molar-refractivity contribution < 1.29 is 0 Å². The summed E-state index contributed by atoms with van der Waals surface area (Å²) < 4.78 is 0.472. The zero-order valence-corrected chi connectivity index (χ0v) is 8.02. The number of rotatable bonds is 0. The summed E-state index contributed by atoms with van der Waals surface area (Å²) in [5, 5.41) is 0.552. The van der Waals surface area contributed by atoms with Crippen LogP contribution < -0.4 is 0 Å². The minimum absolute atomic E-state index is 0.472. The average Bonchev–Trinajstić information content (AvgIpc) is 1.88. The van der Waals surface area contributed by atoms with Crippen molar-refractivity contribution >= 4 is 35.8 Å². The third kappa shape index (κ3) is 2.37. The van der Waals surface area contributed by atoms with Gasteiger partial charge in [-0.15, -0.1) is 0 Å². The van der Waals surface area contributed by atoms with Gasteiger partial charge < -0.3 is 0 Å². The van der Waals surface area contributed by atoms with E-state index in [-0.39, 0.29) is 0 Å². The first-order chi connectivity index (χ1) is 4.70. The quantitative estimate of drug-likeness (QED) is 0.564. The monoisotopic (exact) mass is 196 g/mol. The molecule has 0 atom stereocenters. The van der Waals surface area contributed by atoms with Crippen molar-refractivity contribution in [2.45, 2.75) is 30.9 Å². The van der Waals surface area contributed by atoms with E-state index in [0.717, 1.165) is 25.7 Å². The minimum atomic E-state index is 0.472. The Kier molecular flexibility index (Phi) is 3.41. The van der Waals surface area contributed by atoms with Crippen LogP contribution in [0.3, 0.4) is 0 Å². The standard InChI is InChI=1S/C7H10Cl2S/c8-7(9)5-1-3-6(10)4-2-5/h6,10H,1-4H2. The highest BCUT2D eigenvalue weighted by atomic mass is 35.5. The van der Waals surface area contributed by atoms with E-state index in [2.05, 4.69) is 12.6 Å². The molecule has 58 valence electrons. The van der Waals surface area contributed by atoms with Crippen LogP contribution in [0.1, 0.15) is 25.7 Å². The maximum absolute atomic E-state index is 5.62. The first kappa shape index (κ1) is 8.76. The molecule has 0 radical (unpaired) electrons. The van der Waals surface area contributed by atoms with Crippen LogP contribution in [0.15, 0.2) is 10.1 Å². The van der Waals surface area contributed by atoms with Gasteiger partial charge in [-0.2, -0.15) is 12.6 Å². The fourth-order valence-electron chi connectivity index (χ4n) is 1.14. The summed E-state index contributed by atoms with van der Waals surface area (Å²) in [5.41, 5.74) is 1.20. The van der Waals surface area contributed by atoms with Gasteiger partial charge in [-0.05, 0) is 31.3 Å². The molecule has 0 unspecified atom stereocenters. The highest BCUT2D eigenvalue weighted by Crippen LogP contribution is 2.31. The van der Waals surface area contributed by atoms with E-state index in [4.69, 9.17) is 23.2 Å². The fraction of sp³-hybridized carbons (Fsp3) is 0.714. The predicted molar refractivity (Wildman–Crippen MR) is 50.0 cm³/mol. The maximum atomic E-state index is 5.62. The third-order valence-electron chi connectivity index (χ3n) is 1.83. The molecule has 1 saturated carbocycles. The van der Waals surface area contributed by atoms with Crippen molar-refractivity contribution in [1.82, 2.24) is 0 Å². The molecule has 0 nitrogen and oxygen atoms in total. The van der Waals surface area contributed by atoms with Crippen molar-refractivity contribution in [2.75, 3.05) is 0 Å². The lowest BCUT2D eigenvalue weighted by atomic mass is 9.96. The summed E-state index contributed by atoms with van der Waals surface area (Å²) in [7, 11) is 0. The lowest BCUT2D eigenvalue weighted by Gasteiger charge is -2.19. The molecule has 0 aliphatic heterocycles. The zero-order valence-electron chi connectivity index (χ0n) is 5.61. The van der Waals surface area contributed by atoms with Crippen LogP contribution in [0.25, 0.3) is 0 Å². The van der Waals surface area contributed by atoms with Crippen molar-refractivity contribution in [3.63, 3.8) is 0 Å². The summed E-state index contributed by atoms with van der Waals surface area (Å²) in [6, 6.07) is 0. The third-order valence-corrected chi connectivity index (χ3v) is 2.88. The Morgan fingerprint density at radius 1 is 1.30 bits per heavy atom. The molecular weight excluding hydrogens is 187 g/mol. The molecular formula is C7H10Cl2S. The number of thiol groups is 1. The van der Waals surface area contributed by atoms with Gasteiger partial charge in [0.1, 0.15) is 4.49 Å². The molecule has 1 aliphatic carbocycles. The van der Waals surface area contributed by atoms with E-state index >= 15 is 0 Å². The Labute approximate surface area is 77.0 Å². The summed E-state index contributed by atoms with van der Waals surface area (Å²) in [6.45, 7) is 0. The summed E-state index contributed by atoms with van der Waals surface area (Å²) in [4.78, 5) is 0. The summed E-state index contributed by atoms with van der Waals surface area (Å²) >= 11 is 15.6.